The topological polar surface area (TPSA) is 83.2 Å². The third kappa shape index (κ3) is 6.57. The van der Waals surface area contributed by atoms with Crippen molar-refractivity contribution < 1.29 is 13.9 Å². The summed E-state index contributed by atoms with van der Waals surface area (Å²) >= 11 is 6.16. The number of carbonyl (C=O) groups excluding carboxylic acids is 1. The van der Waals surface area contributed by atoms with Crippen LogP contribution in [-0.2, 0) is 17.9 Å². The number of primary amides is 1. The van der Waals surface area contributed by atoms with Crippen LogP contribution in [0, 0.1) is 5.82 Å². The van der Waals surface area contributed by atoms with E-state index < -0.39 is 5.91 Å². The standard InChI is InChI=1S/C22H27ClFN5O2/c1-26-22(27-13-16-4-2-5-17(12-16)31-15-21(25)30)29-10-8-28(9-11-29)14-18-19(23)6-3-7-20(18)24/h2-7,12H,8-11,13-15H2,1H3,(H2,25,30)(H,26,27). The van der Waals surface area contributed by atoms with Gasteiger partial charge in [-0.3, -0.25) is 14.7 Å². The summed E-state index contributed by atoms with van der Waals surface area (Å²) in [7, 11) is 1.75. The normalized spacial score (nSPS) is 15.1. The van der Waals surface area contributed by atoms with Crippen molar-refractivity contribution in [2.24, 2.45) is 10.7 Å². The first-order chi connectivity index (χ1) is 15.0. The van der Waals surface area contributed by atoms with Gasteiger partial charge in [-0.15, -0.1) is 0 Å². The minimum absolute atomic E-state index is 0.152. The molecule has 1 aliphatic rings. The Morgan fingerprint density at radius 1 is 1.23 bits per heavy atom. The van der Waals surface area contributed by atoms with Gasteiger partial charge in [-0.2, -0.15) is 0 Å². The molecule has 166 valence electrons. The van der Waals surface area contributed by atoms with E-state index in [1.807, 2.05) is 18.2 Å². The molecule has 0 atom stereocenters. The fourth-order valence-electron chi connectivity index (χ4n) is 3.44. The summed E-state index contributed by atoms with van der Waals surface area (Å²) < 4.78 is 19.4. The van der Waals surface area contributed by atoms with Gasteiger partial charge in [-0.25, -0.2) is 4.39 Å². The molecular formula is C22H27ClFN5O2. The number of rotatable bonds is 7. The lowest BCUT2D eigenvalue weighted by Gasteiger charge is -2.36. The van der Waals surface area contributed by atoms with E-state index >= 15 is 0 Å². The number of hydrogen-bond donors (Lipinski definition) is 2. The van der Waals surface area contributed by atoms with Crippen molar-refractivity contribution in [3.05, 3.63) is 64.4 Å². The minimum atomic E-state index is -0.514. The van der Waals surface area contributed by atoms with Gasteiger partial charge >= 0.3 is 0 Å². The van der Waals surface area contributed by atoms with Gasteiger partial charge in [0.2, 0.25) is 0 Å². The Morgan fingerprint density at radius 3 is 2.65 bits per heavy atom. The molecule has 1 saturated heterocycles. The van der Waals surface area contributed by atoms with E-state index in [1.165, 1.54) is 6.07 Å². The van der Waals surface area contributed by atoms with Crippen molar-refractivity contribution in [2.75, 3.05) is 39.8 Å². The first kappa shape index (κ1) is 22.8. The predicted molar refractivity (Wildman–Crippen MR) is 120 cm³/mol. The highest BCUT2D eigenvalue weighted by Gasteiger charge is 2.21. The molecule has 0 radical (unpaired) electrons. The number of hydrogen-bond acceptors (Lipinski definition) is 4. The fraction of sp³-hybridized carbons (Fsp3) is 0.364. The number of benzene rings is 2. The Bertz CT molecular complexity index is 912. The SMILES string of the molecule is CN=C(NCc1cccc(OCC(N)=O)c1)N1CCN(Cc2c(F)cccc2Cl)CC1. The summed E-state index contributed by atoms with van der Waals surface area (Å²) in [6.07, 6.45) is 0. The van der Waals surface area contributed by atoms with Crippen molar-refractivity contribution in [3.8, 4) is 5.75 Å². The van der Waals surface area contributed by atoms with Crippen LogP contribution >= 0.6 is 11.6 Å². The van der Waals surface area contributed by atoms with Crippen LogP contribution in [0.25, 0.3) is 0 Å². The number of piperazine rings is 1. The highest BCUT2D eigenvalue weighted by atomic mass is 35.5. The molecule has 9 heteroatoms. The smallest absolute Gasteiger partial charge is 0.255 e. The summed E-state index contributed by atoms with van der Waals surface area (Å²) in [6.45, 7) is 4.00. The predicted octanol–water partition coefficient (Wildman–Crippen LogP) is 2.24. The molecule has 2 aromatic carbocycles. The maximum absolute atomic E-state index is 14.1. The van der Waals surface area contributed by atoms with E-state index in [1.54, 1.807) is 25.2 Å². The van der Waals surface area contributed by atoms with Crippen LogP contribution in [0.4, 0.5) is 4.39 Å². The number of nitrogens with zero attached hydrogens (tertiary/aromatic N) is 3. The van der Waals surface area contributed by atoms with Crippen molar-refractivity contribution in [1.29, 1.82) is 0 Å². The zero-order chi connectivity index (χ0) is 22.2. The minimum Gasteiger partial charge on any atom is -0.484 e. The summed E-state index contributed by atoms with van der Waals surface area (Å²) in [6, 6.07) is 12.2. The molecule has 1 aliphatic heterocycles. The number of guanidine groups is 1. The van der Waals surface area contributed by atoms with E-state index in [0.29, 0.717) is 29.4 Å². The first-order valence-corrected chi connectivity index (χ1v) is 10.4. The zero-order valence-corrected chi connectivity index (χ0v) is 18.2. The maximum atomic E-state index is 14.1. The lowest BCUT2D eigenvalue weighted by Crippen LogP contribution is -2.52. The second-order valence-corrected chi connectivity index (χ2v) is 7.67. The Morgan fingerprint density at radius 2 is 1.97 bits per heavy atom. The van der Waals surface area contributed by atoms with Gasteiger partial charge < -0.3 is 20.7 Å². The molecule has 3 rings (SSSR count). The molecule has 0 bridgehead atoms. The van der Waals surface area contributed by atoms with Crippen molar-refractivity contribution in [2.45, 2.75) is 13.1 Å². The van der Waals surface area contributed by atoms with Crippen molar-refractivity contribution in [1.82, 2.24) is 15.1 Å². The molecule has 31 heavy (non-hydrogen) atoms. The van der Waals surface area contributed by atoms with Gasteiger partial charge in [-0.1, -0.05) is 29.8 Å². The van der Waals surface area contributed by atoms with Crippen LogP contribution < -0.4 is 15.8 Å². The highest BCUT2D eigenvalue weighted by molar-refractivity contribution is 6.31. The number of carbonyl (C=O) groups is 1. The van der Waals surface area contributed by atoms with Gasteiger partial charge in [0, 0.05) is 56.9 Å². The Labute approximate surface area is 186 Å². The molecule has 0 unspecified atom stereocenters. The number of amides is 1. The van der Waals surface area contributed by atoms with E-state index in [2.05, 4.69) is 20.1 Å². The summed E-state index contributed by atoms with van der Waals surface area (Å²) in [5.74, 6) is 0.607. The van der Waals surface area contributed by atoms with E-state index in [0.717, 1.165) is 37.7 Å². The number of nitrogens with two attached hydrogens (primary N) is 1. The van der Waals surface area contributed by atoms with Crippen LogP contribution in [0.2, 0.25) is 5.02 Å². The molecule has 1 amide bonds. The Hall–Kier alpha value is -2.84. The van der Waals surface area contributed by atoms with Gasteiger partial charge in [0.1, 0.15) is 11.6 Å². The van der Waals surface area contributed by atoms with Crippen LogP contribution in [0.1, 0.15) is 11.1 Å². The summed E-state index contributed by atoms with van der Waals surface area (Å²) in [4.78, 5) is 19.6. The zero-order valence-electron chi connectivity index (χ0n) is 17.5. The second-order valence-electron chi connectivity index (χ2n) is 7.27. The Balaban J connectivity index is 1.50. The lowest BCUT2D eigenvalue weighted by molar-refractivity contribution is -0.119. The molecule has 0 aliphatic carbocycles. The van der Waals surface area contributed by atoms with Crippen molar-refractivity contribution in [3.63, 3.8) is 0 Å². The van der Waals surface area contributed by atoms with Gasteiger partial charge in [0.15, 0.2) is 12.6 Å². The Kier molecular flexibility index (Phi) is 8.08. The fourth-order valence-corrected chi connectivity index (χ4v) is 3.66. The average molecular weight is 448 g/mol. The van der Waals surface area contributed by atoms with Crippen LogP contribution in [0.15, 0.2) is 47.5 Å². The molecule has 2 aromatic rings. The molecule has 1 heterocycles. The molecule has 3 N–H and O–H groups in total. The molecule has 0 aromatic heterocycles. The lowest BCUT2D eigenvalue weighted by atomic mass is 10.2. The second kappa shape index (κ2) is 11.0. The summed E-state index contributed by atoms with van der Waals surface area (Å²) in [5.41, 5.74) is 6.66. The van der Waals surface area contributed by atoms with Crippen LogP contribution in [-0.4, -0.2) is 61.5 Å². The van der Waals surface area contributed by atoms with Gasteiger partial charge in [-0.05, 0) is 29.8 Å². The van der Waals surface area contributed by atoms with E-state index in [-0.39, 0.29) is 12.4 Å². The molecule has 7 nitrogen and oxygen atoms in total. The molecule has 0 saturated carbocycles. The van der Waals surface area contributed by atoms with Crippen LogP contribution in [0.3, 0.4) is 0 Å². The van der Waals surface area contributed by atoms with E-state index in [4.69, 9.17) is 22.1 Å². The number of aliphatic imine (C=N–C) groups is 1. The molecular weight excluding hydrogens is 421 g/mol. The first-order valence-electron chi connectivity index (χ1n) is 10.1. The van der Waals surface area contributed by atoms with Crippen LogP contribution in [0.5, 0.6) is 5.75 Å². The van der Waals surface area contributed by atoms with E-state index in [9.17, 15) is 9.18 Å². The number of nitrogens with one attached hydrogen (secondary N) is 1. The van der Waals surface area contributed by atoms with Gasteiger partial charge in [0.25, 0.3) is 5.91 Å². The third-order valence-electron chi connectivity index (χ3n) is 5.06. The average Bonchev–Trinajstić information content (AvgIpc) is 2.76. The highest BCUT2D eigenvalue weighted by Crippen LogP contribution is 2.21. The van der Waals surface area contributed by atoms with Gasteiger partial charge in [0.05, 0.1) is 0 Å². The third-order valence-corrected chi connectivity index (χ3v) is 5.41. The monoisotopic (exact) mass is 447 g/mol. The maximum Gasteiger partial charge on any atom is 0.255 e. The summed E-state index contributed by atoms with van der Waals surface area (Å²) in [5, 5.41) is 3.82. The number of halogens is 2. The quantitative estimate of drug-likeness (QED) is 0.502. The largest absolute Gasteiger partial charge is 0.484 e. The molecule has 1 fully saturated rings. The number of ether oxygens (including phenoxy) is 1. The molecule has 0 spiro atoms. The van der Waals surface area contributed by atoms with Crippen molar-refractivity contribution >= 4 is 23.5 Å².